The molecule has 0 amide bonds. The second kappa shape index (κ2) is 5.76. The second-order valence-corrected chi connectivity index (χ2v) is 5.73. The fourth-order valence-corrected chi connectivity index (χ4v) is 3.18. The molecule has 0 saturated carbocycles. The monoisotopic (exact) mass is 284 g/mol. The van der Waals surface area contributed by atoms with E-state index in [2.05, 4.69) is 5.43 Å². The van der Waals surface area contributed by atoms with E-state index in [1.165, 1.54) is 0 Å². The van der Waals surface area contributed by atoms with E-state index in [4.69, 9.17) is 10.6 Å². The summed E-state index contributed by atoms with van der Waals surface area (Å²) >= 11 is 0. The Hall–Kier alpha value is -1.04. The number of aryl methyl sites for hydroxylation is 1. The van der Waals surface area contributed by atoms with Crippen molar-refractivity contribution >= 4 is 0 Å². The third-order valence-corrected chi connectivity index (χ3v) is 4.52. The van der Waals surface area contributed by atoms with Gasteiger partial charge in [-0.2, -0.15) is 0 Å². The van der Waals surface area contributed by atoms with Crippen molar-refractivity contribution in [3.8, 4) is 0 Å². The molecule has 5 atom stereocenters. The molecule has 1 aliphatic rings. The van der Waals surface area contributed by atoms with E-state index in [1.807, 2.05) is 20.8 Å². The zero-order chi connectivity index (χ0) is 15.0. The van der Waals surface area contributed by atoms with Crippen molar-refractivity contribution in [3.05, 3.63) is 34.9 Å². The largest absolute Gasteiger partial charge is 0.375 e. The minimum Gasteiger partial charge on any atom is -0.375 e. The van der Waals surface area contributed by atoms with Crippen LogP contribution >= 0.6 is 0 Å². The SMILES string of the molecule is Cc1ccc(C(NN)C2C(C)OC(C)C2C)c(F)c1F. The topological polar surface area (TPSA) is 47.3 Å². The van der Waals surface area contributed by atoms with E-state index < -0.39 is 17.7 Å². The number of hydrogen-bond donors (Lipinski definition) is 2. The Bertz CT molecular complexity index is 495. The number of hydrazine groups is 1. The highest BCUT2D eigenvalue weighted by molar-refractivity contribution is 5.29. The smallest absolute Gasteiger partial charge is 0.163 e. The molecule has 5 unspecified atom stereocenters. The minimum absolute atomic E-state index is 0.00777. The fraction of sp³-hybridized carbons (Fsp3) is 0.600. The molecule has 0 aliphatic carbocycles. The van der Waals surface area contributed by atoms with E-state index in [0.717, 1.165) is 0 Å². The molecule has 5 heteroatoms. The van der Waals surface area contributed by atoms with Gasteiger partial charge in [-0.1, -0.05) is 19.1 Å². The van der Waals surface area contributed by atoms with Gasteiger partial charge in [-0.15, -0.1) is 0 Å². The van der Waals surface area contributed by atoms with Crippen LogP contribution in [-0.4, -0.2) is 12.2 Å². The maximum Gasteiger partial charge on any atom is 0.163 e. The van der Waals surface area contributed by atoms with E-state index in [1.54, 1.807) is 19.1 Å². The zero-order valence-corrected chi connectivity index (χ0v) is 12.3. The van der Waals surface area contributed by atoms with Gasteiger partial charge in [0.1, 0.15) is 0 Å². The van der Waals surface area contributed by atoms with Gasteiger partial charge in [-0.3, -0.25) is 11.3 Å². The van der Waals surface area contributed by atoms with Gasteiger partial charge in [0.05, 0.1) is 18.2 Å². The average molecular weight is 284 g/mol. The Labute approximate surface area is 118 Å². The fourth-order valence-electron chi connectivity index (χ4n) is 3.18. The molecule has 0 aromatic heterocycles. The third kappa shape index (κ3) is 2.45. The number of ether oxygens (including phenoxy) is 1. The molecule has 1 fully saturated rings. The molecule has 3 nitrogen and oxygen atoms in total. The van der Waals surface area contributed by atoms with Crippen LogP contribution in [0.25, 0.3) is 0 Å². The second-order valence-electron chi connectivity index (χ2n) is 5.73. The van der Waals surface area contributed by atoms with Gasteiger partial charge in [0.2, 0.25) is 0 Å². The van der Waals surface area contributed by atoms with E-state index in [9.17, 15) is 8.78 Å². The van der Waals surface area contributed by atoms with Crippen LogP contribution in [0.2, 0.25) is 0 Å². The van der Waals surface area contributed by atoms with Crippen LogP contribution in [-0.2, 0) is 4.74 Å². The molecule has 1 saturated heterocycles. The van der Waals surface area contributed by atoms with Crippen LogP contribution in [0.5, 0.6) is 0 Å². The molecule has 2 rings (SSSR count). The molecule has 0 bridgehead atoms. The lowest BCUT2D eigenvalue weighted by Gasteiger charge is -2.29. The lowest BCUT2D eigenvalue weighted by molar-refractivity contribution is 0.0473. The summed E-state index contributed by atoms with van der Waals surface area (Å²) in [6.07, 6.45) is 0.00835. The van der Waals surface area contributed by atoms with Crippen molar-refractivity contribution < 1.29 is 13.5 Å². The first-order chi connectivity index (χ1) is 9.38. The van der Waals surface area contributed by atoms with Gasteiger partial charge in [0.15, 0.2) is 11.6 Å². The Morgan fingerprint density at radius 1 is 1.15 bits per heavy atom. The number of halogens is 2. The summed E-state index contributed by atoms with van der Waals surface area (Å²) in [5.41, 5.74) is 3.19. The molecular weight excluding hydrogens is 262 g/mol. The Morgan fingerprint density at radius 3 is 2.30 bits per heavy atom. The summed E-state index contributed by atoms with van der Waals surface area (Å²) in [5.74, 6) is 4.18. The maximum absolute atomic E-state index is 14.2. The molecule has 1 aromatic rings. The van der Waals surface area contributed by atoms with Gasteiger partial charge in [-0.05, 0) is 32.3 Å². The molecule has 0 spiro atoms. The first-order valence-corrected chi connectivity index (χ1v) is 6.94. The summed E-state index contributed by atoms with van der Waals surface area (Å²) in [6.45, 7) is 7.52. The van der Waals surface area contributed by atoms with Crippen molar-refractivity contribution in [2.75, 3.05) is 0 Å². The van der Waals surface area contributed by atoms with E-state index >= 15 is 0 Å². The quantitative estimate of drug-likeness (QED) is 0.663. The van der Waals surface area contributed by atoms with Crippen molar-refractivity contribution in [1.29, 1.82) is 0 Å². The first-order valence-electron chi connectivity index (χ1n) is 6.94. The molecule has 3 N–H and O–H groups in total. The number of nitrogens with one attached hydrogen (secondary N) is 1. The Morgan fingerprint density at radius 2 is 1.80 bits per heavy atom. The number of nitrogens with two attached hydrogens (primary N) is 1. The predicted molar refractivity (Wildman–Crippen MR) is 73.8 cm³/mol. The lowest BCUT2D eigenvalue weighted by Crippen LogP contribution is -2.39. The normalized spacial score (nSPS) is 31.6. The number of benzene rings is 1. The zero-order valence-electron chi connectivity index (χ0n) is 12.3. The van der Waals surface area contributed by atoms with Crippen molar-refractivity contribution in [2.24, 2.45) is 17.7 Å². The van der Waals surface area contributed by atoms with Gasteiger partial charge in [-0.25, -0.2) is 8.78 Å². The highest BCUT2D eigenvalue weighted by Gasteiger charge is 2.42. The van der Waals surface area contributed by atoms with Gasteiger partial charge in [0.25, 0.3) is 0 Å². The van der Waals surface area contributed by atoms with Crippen LogP contribution < -0.4 is 11.3 Å². The maximum atomic E-state index is 14.2. The van der Waals surface area contributed by atoms with Crippen LogP contribution in [0.15, 0.2) is 12.1 Å². The van der Waals surface area contributed by atoms with E-state index in [-0.39, 0.29) is 29.6 Å². The number of rotatable bonds is 3. The van der Waals surface area contributed by atoms with Gasteiger partial charge in [0, 0.05) is 11.5 Å². The number of hydrogen-bond acceptors (Lipinski definition) is 3. The van der Waals surface area contributed by atoms with Crippen molar-refractivity contribution in [2.45, 2.75) is 45.9 Å². The molecule has 1 aliphatic heterocycles. The Balaban J connectivity index is 2.41. The lowest BCUT2D eigenvalue weighted by atomic mass is 9.80. The first kappa shape index (κ1) is 15.4. The summed E-state index contributed by atoms with van der Waals surface area (Å²) in [4.78, 5) is 0. The van der Waals surface area contributed by atoms with Crippen LogP contribution in [0.4, 0.5) is 8.78 Å². The predicted octanol–water partition coefficient (Wildman–Crippen LogP) is 2.84. The summed E-state index contributed by atoms with van der Waals surface area (Å²) < 4.78 is 33.7. The highest BCUT2D eigenvalue weighted by atomic mass is 19.2. The molecule has 1 heterocycles. The summed E-state index contributed by atoms with van der Waals surface area (Å²) in [7, 11) is 0. The summed E-state index contributed by atoms with van der Waals surface area (Å²) in [6, 6.07) is 2.70. The molecule has 20 heavy (non-hydrogen) atoms. The minimum atomic E-state index is -0.827. The van der Waals surface area contributed by atoms with Gasteiger partial charge >= 0.3 is 0 Å². The van der Waals surface area contributed by atoms with Crippen LogP contribution in [0.1, 0.15) is 37.9 Å². The highest BCUT2D eigenvalue weighted by Crippen LogP contribution is 2.41. The Kier molecular flexibility index (Phi) is 4.42. The van der Waals surface area contributed by atoms with Crippen LogP contribution in [0.3, 0.4) is 0 Å². The molecule has 0 radical (unpaired) electrons. The molecule has 112 valence electrons. The molecular formula is C15H22F2N2O. The van der Waals surface area contributed by atoms with Crippen molar-refractivity contribution in [3.63, 3.8) is 0 Å². The average Bonchev–Trinajstić information content (AvgIpc) is 2.65. The molecule has 1 aromatic carbocycles. The van der Waals surface area contributed by atoms with Crippen molar-refractivity contribution in [1.82, 2.24) is 5.43 Å². The third-order valence-electron chi connectivity index (χ3n) is 4.52. The van der Waals surface area contributed by atoms with Gasteiger partial charge < -0.3 is 4.74 Å². The van der Waals surface area contributed by atoms with Crippen LogP contribution in [0, 0.1) is 30.4 Å². The van der Waals surface area contributed by atoms with E-state index in [0.29, 0.717) is 5.56 Å². The standard InChI is InChI=1S/C15H22F2N2O/c1-7-5-6-11(14(17)13(7)16)15(19-18)12-8(2)9(3)20-10(12)4/h5-6,8-10,12,15,19H,18H2,1-4H3. The summed E-state index contributed by atoms with van der Waals surface area (Å²) in [5, 5.41) is 0.